The highest BCUT2D eigenvalue weighted by Gasteiger charge is 2.12. The van der Waals surface area contributed by atoms with Gasteiger partial charge in [0.05, 0.1) is 0 Å². The predicted molar refractivity (Wildman–Crippen MR) is 89.5 cm³/mol. The maximum absolute atomic E-state index is 5.81. The van der Waals surface area contributed by atoms with E-state index in [4.69, 9.17) is 4.42 Å². The molecule has 0 spiro atoms. The van der Waals surface area contributed by atoms with Crippen molar-refractivity contribution in [3.05, 3.63) is 54.1 Å². The van der Waals surface area contributed by atoms with Gasteiger partial charge >= 0.3 is 0 Å². The zero-order valence-electron chi connectivity index (χ0n) is 12.8. The molecule has 0 unspecified atom stereocenters. The third-order valence-electron chi connectivity index (χ3n) is 3.16. The van der Waals surface area contributed by atoms with E-state index in [1.54, 1.807) is 11.9 Å². The number of nitrogens with zero attached hydrogens (tertiary/aromatic N) is 3. The standard InChI is InChI=1S/C17H17N3OS/c1-12-9-10-14(11-15(12)22-20(2)3)17-19-18-16(21-17)13-7-5-4-6-8-13/h4-11H,1-3H3. The molecule has 5 heteroatoms. The van der Waals surface area contributed by atoms with E-state index in [0.29, 0.717) is 11.8 Å². The van der Waals surface area contributed by atoms with E-state index < -0.39 is 0 Å². The minimum atomic E-state index is 0.540. The lowest BCUT2D eigenvalue weighted by molar-refractivity contribution is 0.584. The summed E-state index contributed by atoms with van der Waals surface area (Å²) in [5.74, 6) is 1.08. The number of aryl methyl sites for hydroxylation is 1. The van der Waals surface area contributed by atoms with E-state index in [-0.39, 0.29) is 0 Å². The zero-order valence-corrected chi connectivity index (χ0v) is 13.6. The average molecular weight is 311 g/mol. The summed E-state index contributed by atoms with van der Waals surface area (Å²) in [6, 6.07) is 16.0. The summed E-state index contributed by atoms with van der Waals surface area (Å²) in [5.41, 5.74) is 3.09. The van der Waals surface area contributed by atoms with Crippen LogP contribution in [0.2, 0.25) is 0 Å². The van der Waals surface area contributed by atoms with Crippen molar-refractivity contribution in [2.45, 2.75) is 11.8 Å². The second kappa shape index (κ2) is 6.34. The molecule has 0 N–H and O–H groups in total. The fraction of sp³-hybridized carbons (Fsp3) is 0.176. The molecule has 112 valence electrons. The molecule has 1 aromatic heterocycles. The van der Waals surface area contributed by atoms with Gasteiger partial charge in [0.25, 0.3) is 0 Å². The van der Waals surface area contributed by atoms with E-state index in [1.807, 2.05) is 50.5 Å². The van der Waals surface area contributed by atoms with Gasteiger partial charge in [0, 0.05) is 16.0 Å². The van der Waals surface area contributed by atoms with Gasteiger partial charge in [-0.3, -0.25) is 4.31 Å². The molecule has 4 nitrogen and oxygen atoms in total. The summed E-state index contributed by atoms with van der Waals surface area (Å²) in [7, 11) is 4.05. The van der Waals surface area contributed by atoms with Gasteiger partial charge in [-0.25, -0.2) is 0 Å². The Hall–Kier alpha value is -2.11. The van der Waals surface area contributed by atoms with Crippen LogP contribution in [0.5, 0.6) is 0 Å². The van der Waals surface area contributed by atoms with Gasteiger partial charge in [-0.1, -0.05) is 24.3 Å². The summed E-state index contributed by atoms with van der Waals surface area (Å²) in [4.78, 5) is 1.18. The van der Waals surface area contributed by atoms with Crippen molar-refractivity contribution in [1.82, 2.24) is 14.5 Å². The predicted octanol–water partition coefficient (Wildman–Crippen LogP) is 4.28. The lowest BCUT2D eigenvalue weighted by Gasteiger charge is -2.11. The van der Waals surface area contributed by atoms with Gasteiger partial charge in [-0.15, -0.1) is 10.2 Å². The maximum atomic E-state index is 5.81. The summed E-state index contributed by atoms with van der Waals surface area (Å²) in [5, 5.41) is 8.32. The first kappa shape index (κ1) is 14.8. The monoisotopic (exact) mass is 311 g/mol. The number of hydrogen-bond acceptors (Lipinski definition) is 5. The summed E-state index contributed by atoms with van der Waals surface area (Å²) in [6.07, 6.45) is 0. The van der Waals surface area contributed by atoms with Gasteiger partial charge in [-0.05, 0) is 62.8 Å². The molecule has 0 aliphatic rings. The van der Waals surface area contributed by atoms with Gasteiger partial charge < -0.3 is 4.42 Å². The average Bonchev–Trinajstić information content (AvgIpc) is 3.00. The second-order valence-corrected chi connectivity index (χ2v) is 6.52. The van der Waals surface area contributed by atoms with Crippen LogP contribution in [0.15, 0.2) is 57.8 Å². The van der Waals surface area contributed by atoms with E-state index >= 15 is 0 Å². The van der Waals surface area contributed by atoms with Crippen LogP contribution in [-0.2, 0) is 0 Å². The molecule has 0 aliphatic carbocycles. The number of aromatic nitrogens is 2. The first-order valence-corrected chi connectivity index (χ1v) is 7.76. The Morgan fingerprint density at radius 3 is 2.27 bits per heavy atom. The second-order valence-electron chi connectivity index (χ2n) is 5.16. The number of rotatable bonds is 4. The molecule has 0 saturated heterocycles. The Labute approximate surface area is 134 Å². The lowest BCUT2D eigenvalue weighted by Crippen LogP contribution is -1.99. The normalized spacial score (nSPS) is 11.1. The van der Waals surface area contributed by atoms with Crippen LogP contribution in [-0.4, -0.2) is 28.6 Å². The van der Waals surface area contributed by atoms with E-state index in [2.05, 4.69) is 33.6 Å². The number of benzene rings is 2. The Balaban J connectivity index is 1.93. The van der Waals surface area contributed by atoms with Crippen molar-refractivity contribution >= 4 is 11.9 Å². The fourth-order valence-electron chi connectivity index (χ4n) is 2.07. The Kier molecular flexibility index (Phi) is 4.27. The molecule has 1 heterocycles. The van der Waals surface area contributed by atoms with Gasteiger partial charge in [0.15, 0.2) is 0 Å². The molecule has 0 amide bonds. The molecule has 0 radical (unpaired) electrons. The molecule has 0 atom stereocenters. The van der Waals surface area contributed by atoms with Crippen molar-refractivity contribution in [2.75, 3.05) is 14.1 Å². The van der Waals surface area contributed by atoms with Crippen LogP contribution in [0.25, 0.3) is 22.9 Å². The molecule has 3 rings (SSSR count). The third-order valence-corrected chi connectivity index (χ3v) is 4.16. The van der Waals surface area contributed by atoms with E-state index in [9.17, 15) is 0 Å². The van der Waals surface area contributed by atoms with Crippen molar-refractivity contribution in [3.63, 3.8) is 0 Å². The Bertz CT molecular complexity index is 769. The van der Waals surface area contributed by atoms with Gasteiger partial charge in [0.2, 0.25) is 11.8 Å². The minimum Gasteiger partial charge on any atom is -0.416 e. The van der Waals surface area contributed by atoms with Crippen LogP contribution in [0, 0.1) is 6.92 Å². The molecule has 0 saturated carbocycles. The Morgan fingerprint density at radius 1 is 0.909 bits per heavy atom. The maximum Gasteiger partial charge on any atom is 0.248 e. The van der Waals surface area contributed by atoms with Crippen molar-refractivity contribution in [2.24, 2.45) is 0 Å². The summed E-state index contributed by atoms with van der Waals surface area (Å²) >= 11 is 1.68. The highest BCUT2D eigenvalue weighted by Crippen LogP contribution is 2.30. The quantitative estimate of drug-likeness (QED) is 0.673. The molecular formula is C17H17N3OS. The van der Waals surface area contributed by atoms with Crippen molar-refractivity contribution in [3.8, 4) is 22.9 Å². The summed E-state index contributed by atoms with van der Waals surface area (Å²) in [6.45, 7) is 2.10. The third kappa shape index (κ3) is 3.21. The molecule has 22 heavy (non-hydrogen) atoms. The Morgan fingerprint density at radius 2 is 1.59 bits per heavy atom. The van der Waals surface area contributed by atoms with E-state index in [1.165, 1.54) is 10.5 Å². The molecule has 3 aromatic rings. The highest BCUT2D eigenvalue weighted by atomic mass is 32.2. The van der Waals surface area contributed by atoms with Crippen molar-refractivity contribution < 1.29 is 4.42 Å². The molecule has 0 bridgehead atoms. The summed E-state index contributed by atoms with van der Waals surface area (Å²) < 4.78 is 7.88. The lowest BCUT2D eigenvalue weighted by atomic mass is 10.1. The smallest absolute Gasteiger partial charge is 0.248 e. The van der Waals surface area contributed by atoms with Crippen LogP contribution >= 0.6 is 11.9 Å². The minimum absolute atomic E-state index is 0.540. The number of hydrogen-bond donors (Lipinski definition) is 0. The highest BCUT2D eigenvalue weighted by molar-refractivity contribution is 7.97. The van der Waals surface area contributed by atoms with Gasteiger partial charge in [0.1, 0.15) is 0 Å². The molecule has 2 aromatic carbocycles. The molecule has 0 aliphatic heterocycles. The van der Waals surface area contributed by atoms with E-state index in [0.717, 1.165) is 11.1 Å². The van der Waals surface area contributed by atoms with Crippen LogP contribution in [0.4, 0.5) is 0 Å². The molecule has 0 fully saturated rings. The van der Waals surface area contributed by atoms with Crippen molar-refractivity contribution in [1.29, 1.82) is 0 Å². The van der Waals surface area contributed by atoms with Crippen LogP contribution < -0.4 is 0 Å². The molecular weight excluding hydrogens is 294 g/mol. The van der Waals surface area contributed by atoms with Crippen LogP contribution in [0.3, 0.4) is 0 Å². The first-order chi connectivity index (χ1) is 10.6. The largest absolute Gasteiger partial charge is 0.416 e. The fourth-order valence-corrected chi connectivity index (χ4v) is 2.85. The van der Waals surface area contributed by atoms with Gasteiger partial charge in [-0.2, -0.15) is 0 Å². The first-order valence-electron chi connectivity index (χ1n) is 6.99. The van der Waals surface area contributed by atoms with Crippen LogP contribution in [0.1, 0.15) is 5.56 Å². The SMILES string of the molecule is Cc1ccc(-c2nnc(-c3ccccc3)o2)cc1SN(C)C. The zero-order chi connectivity index (χ0) is 15.5. The topological polar surface area (TPSA) is 42.2 Å².